The Bertz CT molecular complexity index is 1370. The second-order valence-electron chi connectivity index (χ2n) is 7.27. The third-order valence-corrected chi connectivity index (χ3v) is 6.53. The number of nitrogens with one attached hydrogen (secondary N) is 1. The molecule has 0 unspecified atom stereocenters. The van der Waals surface area contributed by atoms with Gasteiger partial charge in [0.1, 0.15) is 24.0 Å². The van der Waals surface area contributed by atoms with Crippen molar-refractivity contribution in [1.82, 2.24) is 0 Å². The minimum Gasteiger partial charge on any atom is -0.487 e. The highest BCUT2D eigenvalue weighted by Crippen LogP contribution is 2.31. The summed E-state index contributed by atoms with van der Waals surface area (Å²) >= 11 is 4.44. The molecule has 4 nitrogen and oxygen atoms in total. The molecule has 4 aromatic carbocycles. The van der Waals surface area contributed by atoms with Gasteiger partial charge in [-0.25, -0.2) is 0 Å². The van der Waals surface area contributed by atoms with Crippen molar-refractivity contribution in [3.05, 3.63) is 109 Å². The molecular formula is C27H18I2N2O2. The van der Waals surface area contributed by atoms with Crippen molar-refractivity contribution in [2.24, 2.45) is 0 Å². The molecule has 0 atom stereocenters. The van der Waals surface area contributed by atoms with Crippen molar-refractivity contribution >= 4 is 73.6 Å². The van der Waals surface area contributed by atoms with Crippen molar-refractivity contribution in [1.29, 1.82) is 5.26 Å². The average Bonchev–Trinajstić information content (AvgIpc) is 2.82. The van der Waals surface area contributed by atoms with Crippen LogP contribution in [-0.4, -0.2) is 5.91 Å². The molecule has 4 aromatic rings. The molecule has 0 heterocycles. The molecule has 0 radical (unpaired) electrons. The average molecular weight is 656 g/mol. The van der Waals surface area contributed by atoms with E-state index < -0.39 is 5.91 Å². The Hall–Kier alpha value is -2.90. The molecule has 0 aliphatic carbocycles. The molecule has 0 aliphatic rings. The van der Waals surface area contributed by atoms with E-state index in [9.17, 15) is 10.1 Å². The first-order valence-electron chi connectivity index (χ1n) is 10.1. The number of nitriles is 1. The summed E-state index contributed by atoms with van der Waals surface area (Å²) in [5.74, 6) is 0.346. The lowest BCUT2D eigenvalue weighted by molar-refractivity contribution is -0.112. The van der Waals surface area contributed by atoms with Crippen LogP contribution in [0.2, 0.25) is 0 Å². The van der Waals surface area contributed by atoms with Crippen LogP contribution in [0.15, 0.2) is 90.5 Å². The molecular weight excluding hydrogens is 638 g/mol. The zero-order chi connectivity index (χ0) is 23.2. The summed E-state index contributed by atoms with van der Waals surface area (Å²) in [7, 11) is 0. The molecule has 1 N–H and O–H groups in total. The predicted molar refractivity (Wildman–Crippen MR) is 149 cm³/mol. The van der Waals surface area contributed by atoms with Crippen LogP contribution >= 0.6 is 45.2 Å². The fourth-order valence-corrected chi connectivity index (χ4v) is 5.45. The van der Waals surface area contributed by atoms with Crippen molar-refractivity contribution in [3.63, 3.8) is 0 Å². The van der Waals surface area contributed by atoms with Crippen LogP contribution in [-0.2, 0) is 11.4 Å². The number of para-hydroxylation sites is 1. The number of carbonyl (C=O) groups excluding carboxylic acids is 1. The number of fused-ring (bicyclic) bond motifs is 1. The summed E-state index contributed by atoms with van der Waals surface area (Å²) in [6, 6.07) is 29.4. The summed E-state index contributed by atoms with van der Waals surface area (Å²) in [5, 5.41) is 14.6. The lowest BCUT2D eigenvalue weighted by atomic mass is 10.1. The molecule has 4 rings (SSSR count). The number of hydrogen-bond acceptors (Lipinski definition) is 3. The minimum atomic E-state index is -0.439. The zero-order valence-electron chi connectivity index (χ0n) is 17.4. The Morgan fingerprint density at radius 3 is 2.27 bits per heavy atom. The van der Waals surface area contributed by atoms with Gasteiger partial charge in [-0.15, -0.1) is 0 Å². The molecule has 0 saturated heterocycles. The number of halogens is 2. The molecule has 162 valence electrons. The number of hydrogen-bond donors (Lipinski definition) is 1. The summed E-state index contributed by atoms with van der Waals surface area (Å²) in [6.07, 6.45) is 1.59. The van der Waals surface area contributed by atoms with Gasteiger partial charge in [0.05, 0.1) is 7.14 Å². The summed E-state index contributed by atoms with van der Waals surface area (Å²) in [6.45, 7) is 0.453. The molecule has 33 heavy (non-hydrogen) atoms. The van der Waals surface area contributed by atoms with Crippen LogP contribution in [0.5, 0.6) is 5.75 Å². The van der Waals surface area contributed by atoms with E-state index in [0.717, 1.165) is 24.0 Å². The molecule has 0 aromatic heterocycles. The van der Waals surface area contributed by atoms with Gasteiger partial charge in [0, 0.05) is 5.69 Å². The van der Waals surface area contributed by atoms with E-state index in [1.165, 1.54) is 10.8 Å². The number of ether oxygens (including phenoxy) is 1. The Balaban J connectivity index is 1.50. The predicted octanol–water partition coefficient (Wildman–Crippen LogP) is 7.17. The van der Waals surface area contributed by atoms with E-state index in [1.807, 2.05) is 48.5 Å². The standard InChI is InChI=1S/C27H18I2N2O2/c28-24-14-19(13-22(16-30)27(32)31-23-8-2-1-3-9-23)15-25(29)26(24)33-17-18-10-11-20-6-4-5-7-21(20)12-18/h1-15H,17H2,(H,31,32)/b22-13-. The maximum Gasteiger partial charge on any atom is 0.266 e. The SMILES string of the molecule is N#C/C(=C/c1cc(I)c(OCc2ccc3ccccc3c2)c(I)c1)C(=O)Nc1ccccc1. The van der Waals surface area contributed by atoms with Crippen molar-refractivity contribution in [2.45, 2.75) is 6.61 Å². The maximum atomic E-state index is 12.5. The molecule has 1 amide bonds. The number of benzene rings is 4. The van der Waals surface area contributed by atoms with Gasteiger partial charge in [0.2, 0.25) is 0 Å². The van der Waals surface area contributed by atoms with E-state index in [2.05, 4.69) is 80.8 Å². The van der Waals surface area contributed by atoms with Gasteiger partial charge < -0.3 is 10.1 Å². The van der Waals surface area contributed by atoms with E-state index in [1.54, 1.807) is 18.2 Å². The highest BCUT2D eigenvalue weighted by Gasteiger charge is 2.13. The van der Waals surface area contributed by atoms with Gasteiger partial charge in [-0.2, -0.15) is 5.26 Å². The normalized spacial score (nSPS) is 11.1. The van der Waals surface area contributed by atoms with E-state index in [4.69, 9.17) is 4.74 Å². The second-order valence-corrected chi connectivity index (χ2v) is 9.60. The van der Waals surface area contributed by atoms with Crippen LogP contribution < -0.4 is 10.1 Å². The third-order valence-electron chi connectivity index (χ3n) is 4.93. The third kappa shape index (κ3) is 5.92. The van der Waals surface area contributed by atoms with Gasteiger partial charge in [-0.05, 0) is 103 Å². The van der Waals surface area contributed by atoms with Crippen LogP contribution in [0.3, 0.4) is 0 Å². The van der Waals surface area contributed by atoms with E-state index in [-0.39, 0.29) is 5.57 Å². The Morgan fingerprint density at radius 1 is 0.909 bits per heavy atom. The topological polar surface area (TPSA) is 62.1 Å². The second kappa shape index (κ2) is 10.8. The van der Waals surface area contributed by atoms with Gasteiger partial charge in [-0.1, -0.05) is 54.6 Å². The smallest absolute Gasteiger partial charge is 0.266 e. The van der Waals surface area contributed by atoms with Crippen molar-refractivity contribution in [2.75, 3.05) is 5.32 Å². The van der Waals surface area contributed by atoms with Crippen molar-refractivity contribution < 1.29 is 9.53 Å². The van der Waals surface area contributed by atoms with E-state index >= 15 is 0 Å². The zero-order valence-corrected chi connectivity index (χ0v) is 21.7. The van der Waals surface area contributed by atoms with Crippen molar-refractivity contribution in [3.8, 4) is 11.8 Å². The molecule has 0 fully saturated rings. The molecule has 0 bridgehead atoms. The first kappa shape index (κ1) is 23.3. The first-order chi connectivity index (χ1) is 16.0. The monoisotopic (exact) mass is 656 g/mol. The number of anilines is 1. The highest BCUT2D eigenvalue weighted by atomic mass is 127. The molecule has 6 heteroatoms. The largest absolute Gasteiger partial charge is 0.487 e. The van der Waals surface area contributed by atoms with Crippen LogP contribution in [0, 0.1) is 18.5 Å². The fraction of sp³-hybridized carbons (Fsp3) is 0.0370. The summed E-state index contributed by atoms with van der Waals surface area (Å²) < 4.78 is 7.95. The fourth-order valence-electron chi connectivity index (χ4n) is 3.32. The number of carbonyl (C=O) groups is 1. The summed E-state index contributed by atoms with van der Waals surface area (Å²) in [5.41, 5.74) is 2.54. The van der Waals surface area contributed by atoms with Gasteiger partial charge >= 0.3 is 0 Å². The Labute approximate surface area is 219 Å². The first-order valence-corrected chi connectivity index (χ1v) is 12.3. The highest BCUT2D eigenvalue weighted by molar-refractivity contribution is 14.1. The Morgan fingerprint density at radius 2 is 1.58 bits per heavy atom. The number of amides is 1. The molecule has 0 saturated carbocycles. The summed E-state index contributed by atoms with van der Waals surface area (Å²) in [4.78, 5) is 12.5. The lowest BCUT2D eigenvalue weighted by Crippen LogP contribution is -2.13. The van der Waals surface area contributed by atoms with Crippen LogP contribution in [0.25, 0.3) is 16.8 Å². The number of rotatable bonds is 6. The lowest BCUT2D eigenvalue weighted by Gasteiger charge is -2.12. The maximum absolute atomic E-state index is 12.5. The van der Waals surface area contributed by atoms with Crippen LogP contribution in [0.4, 0.5) is 5.69 Å². The van der Waals surface area contributed by atoms with Gasteiger partial charge in [-0.3, -0.25) is 4.79 Å². The minimum absolute atomic E-state index is 0.0373. The van der Waals surface area contributed by atoms with Crippen LogP contribution in [0.1, 0.15) is 11.1 Å². The molecule has 0 spiro atoms. The van der Waals surface area contributed by atoms with Gasteiger partial charge in [0.15, 0.2) is 0 Å². The number of nitrogens with zero attached hydrogens (tertiary/aromatic N) is 1. The molecule has 0 aliphatic heterocycles. The Kier molecular flexibility index (Phi) is 7.62. The van der Waals surface area contributed by atoms with E-state index in [0.29, 0.717) is 12.3 Å². The van der Waals surface area contributed by atoms with Gasteiger partial charge in [0.25, 0.3) is 5.91 Å². The quantitative estimate of drug-likeness (QED) is 0.136.